The van der Waals surface area contributed by atoms with Crippen molar-refractivity contribution >= 4 is 11.5 Å². The lowest BCUT2D eigenvalue weighted by atomic mass is 9.63. The van der Waals surface area contributed by atoms with Gasteiger partial charge >= 0.3 is 0 Å². The van der Waals surface area contributed by atoms with Gasteiger partial charge in [-0.2, -0.15) is 0 Å². The first-order chi connectivity index (χ1) is 14.4. The molecule has 2 unspecified atom stereocenters. The summed E-state index contributed by atoms with van der Waals surface area (Å²) >= 11 is 0. The molecular weight excluding hydrogens is 382 g/mol. The van der Waals surface area contributed by atoms with Crippen LogP contribution in [0.3, 0.4) is 0 Å². The topological polar surface area (TPSA) is 55.5 Å². The van der Waals surface area contributed by atoms with Crippen LogP contribution in [-0.4, -0.2) is 24.6 Å². The molecule has 0 aliphatic heterocycles. The molecule has 0 saturated heterocycles. The van der Waals surface area contributed by atoms with Crippen molar-refractivity contribution in [3.05, 3.63) is 58.7 Å². The molecule has 1 fully saturated rings. The number of rotatable bonds is 7. The predicted molar refractivity (Wildman–Crippen MR) is 116 cm³/mol. The molecule has 5 heteroatoms. The Kier molecular flexibility index (Phi) is 6.01. The summed E-state index contributed by atoms with van der Waals surface area (Å²) in [5.74, 6) is -0.276. The predicted octanol–water partition coefficient (Wildman–Crippen LogP) is 5.29. The summed E-state index contributed by atoms with van der Waals surface area (Å²) < 4.78 is 28.6. The maximum atomic E-state index is 14.6. The summed E-state index contributed by atoms with van der Waals surface area (Å²) in [7, 11) is 1.62. The molecule has 2 N–H and O–H groups in total. The summed E-state index contributed by atoms with van der Waals surface area (Å²) in [6.07, 6.45) is 6.92. The highest BCUT2D eigenvalue weighted by Gasteiger charge is 2.43. The molecule has 3 nitrogen and oxygen atoms in total. The van der Waals surface area contributed by atoms with Gasteiger partial charge in [0.25, 0.3) is 0 Å². The zero-order valence-corrected chi connectivity index (χ0v) is 17.6. The van der Waals surface area contributed by atoms with Crippen molar-refractivity contribution in [2.75, 3.05) is 7.05 Å². The van der Waals surface area contributed by atoms with Crippen LogP contribution in [0.25, 0.3) is 0 Å². The van der Waals surface area contributed by atoms with E-state index < -0.39 is 11.5 Å². The Labute approximate surface area is 177 Å². The molecule has 0 amide bonds. The number of nitrogens with zero attached hydrogens (tertiary/aromatic N) is 1. The van der Waals surface area contributed by atoms with Gasteiger partial charge in [0.2, 0.25) is 0 Å². The van der Waals surface area contributed by atoms with Gasteiger partial charge in [-0.3, -0.25) is 9.79 Å². The van der Waals surface area contributed by atoms with Crippen molar-refractivity contribution in [2.45, 2.75) is 69.2 Å². The van der Waals surface area contributed by atoms with Crippen LogP contribution in [0.5, 0.6) is 0 Å². The lowest BCUT2D eigenvalue weighted by Crippen LogP contribution is -2.42. The van der Waals surface area contributed by atoms with E-state index in [0.29, 0.717) is 24.5 Å². The number of allylic oxidation sites excluding steroid dienone is 4. The number of benzene rings is 1. The normalized spacial score (nSPS) is 25.6. The molecule has 4 rings (SSSR count). The summed E-state index contributed by atoms with van der Waals surface area (Å²) in [5.41, 5.74) is 8.92. The number of nitrogens with two attached hydrogens (primary N) is 1. The number of carbonyl (C=O) groups is 1. The number of aryl methyl sites for hydroxylation is 1. The van der Waals surface area contributed by atoms with Gasteiger partial charge in [-0.05, 0) is 55.2 Å². The maximum Gasteiger partial charge on any atom is 0.150 e. The van der Waals surface area contributed by atoms with E-state index in [2.05, 4.69) is 17.1 Å². The number of fused-ring (bicyclic) bond motifs is 1. The fourth-order valence-corrected chi connectivity index (χ4v) is 5.13. The van der Waals surface area contributed by atoms with Gasteiger partial charge in [0, 0.05) is 49.4 Å². The summed E-state index contributed by atoms with van der Waals surface area (Å²) in [6, 6.07) is 7.77. The zero-order valence-electron chi connectivity index (χ0n) is 17.6. The van der Waals surface area contributed by atoms with E-state index >= 15 is 0 Å². The third-order valence-corrected chi connectivity index (χ3v) is 6.97. The minimum Gasteiger partial charge on any atom is -0.321 e. The second kappa shape index (κ2) is 8.54. The molecule has 3 aliphatic carbocycles. The van der Waals surface area contributed by atoms with Gasteiger partial charge in [-0.25, -0.2) is 8.78 Å². The summed E-state index contributed by atoms with van der Waals surface area (Å²) in [4.78, 5) is 17.5. The van der Waals surface area contributed by atoms with Gasteiger partial charge in [-0.1, -0.05) is 24.3 Å². The minimum absolute atomic E-state index is 0.0613. The third kappa shape index (κ3) is 4.18. The van der Waals surface area contributed by atoms with E-state index in [1.165, 1.54) is 11.6 Å². The molecule has 1 aromatic rings. The van der Waals surface area contributed by atoms with Crippen LogP contribution in [0.4, 0.5) is 8.78 Å². The first-order valence-corrected chi connectivity index (χ1v) is 11.0. The molecule has 1 saturated carbocycles. The van der Waals surface area contributed by atoms with Crippen molar-refractivity contribution in [3.8, 4) is 0 Å². The molecule has 30 heavy (non-hydrogen) atoms. The van der Waals surface area contributed by atoms with Crippen LogP contribution in [0.1, 0.15) is 62.5 Å². The van der Waals surface area contributed by atoms with Crippen LogP contribution >= 0.6 is 0 Å². The van der Waals surface area contributed by atoms with Crippen LogP contribution in [-0.2, 0) is 16.6 Å². The van der Waals surface area contributed by atoms with Crippen molar-refractivity contribution in [3.63, 3.8) is 0 Å². The second-order valence-corrected chi connectivity index (χ2v) is 9.05. The van der Waals surface area contributed by atoms with Crippen molar-refractivity contribution in [1.82, 2.24) is 0 Å². The van der Waals surface area contributed by atoms with Crippen LogP contribution in [0.15, 0.2) is 52.6 Å². The van der Waals surface area contributed by atoms with Crippen molar-refractivity contribution in [1.29, 1.82) is 0 Å². The Morgan fingerprint density at radius 2 is 1.97 bits per heavy atom. The smallest absolute Gasteiger partial charge is 0.150 e. The quantitative estimate of drug-likeness (QED) is 0.619. The zero-order chi connectivity index (χ0) is 21.3. The van der Waals surface area contributed by atoms with E-state index in [9.17, 15) is 13.6 Å². The Balaban J connectivity index is 1.72. The molecule has 0 radical (unpaired) electrons. The fourth-order valence-electron chi connectivity index (χ4n) is 5.13. The Morgan fingerprint density at radius 3 is 2.70 bits per heavy atom. The van der Waals surface area contributed by atoms with Gasteiger partial charge in [0.1, 0.15) is 11.7 Å². The molecule has 3 aliphatic rings. The maximum absolute atomic E-state index is 14.6. The monoisotopic (exact) mass is 412 g/mol. The number of ketones is 1. The van der Waals surface area contributed by atoms with Crippen molar-refractivity contribution in [2.24, 2.45) is 16.6 Å². The van der Waals surface area contributed by atoms with E-state index in [1.54, 1.807) is 7.05 Å². The molecule has 160 valence electrons. The van der Waals surface area contributed by atoms with E-state index in [1.807, 2.05) is 12.1 Å². The van der Waals surface area contributed by atoms with Crippen molar-refractivity contribution < 1.29 is 13.6 Å². The molecule has 0 heterocycles. The first-order valence-electron chi connectivity index (χ1n) is 11.0. The summed E-state index contributed by atoms with van der Waals surface area (Å²) in [6.45, 7) is 0. The van der Waals surface area contributed by atoms with E-state index in [4.69, 9.17) is 5.73 Å². The second-order valence-electron chi connectivity index (χ2n) is 9.05. The molecule has 0 aromatic heterocycles. The summed E-state index contributed by atoms with van der Waals surface area (Å²) in [5, 5.41) is 0. The van der Waals surface area contributed by atoms with Gasteiger partial charge < -0.3 is 5.73 Å². The molecule has 0 spiro atoms. The Morgan fingerprint density at radius 1 is 1.20 bits per heavy atom. The number of Topliss-reactive ketones (excluding diaryl/α,β-unsaturated/α-hetero) is 1. The highest BCUT2D eigenvalue weighted by molar-refractivity contribution is 6.04. The Bertz CT molecular complexity index is 929. The lowest BCUT2D eigenvalue weighted by Gasteiger charge is -2.40. The van der Waals surface area contributed by atoms with Crippen LogP contribution < -0.4 is 5.73 Å². The number of halogens is 2. The van der Waals surface area contributed by atoms with E-state index in [-0.39, 0.29) is 35.9 Å². The van der Waals surface area contributed by atoms with Gasteiger partial charge in [0.15, 0.2) is 5.78 Å². The average molecular weight is 413 g/mol. The highest BCUT2D eigenvalue weighted by atomic mass is 19.1. The first kappa shape index (κ1) is 21.1. The van der Waals surface area contributed by atoms with E-state index in [0.717, 1.165) is 37.7 Å². The van der Waals surface area contributed by atoms with Crippen LogP contribution in [0, 0.1) is 5.92 Å². The minimum atomic E-state index is -0.484. The Hall–Kier alpha value is -2.14. The van der Waals surface area contributed by atoms with Crippen LogP contribution in [0.2, 0.25) is 0 Å². The highest BCUT2D eigenvalue weighted by Crippen LogP contribution is 2.45. The number of hydrogen-bond acceptors (Lipinski definition) is 3. The lowest BCUT2D eigenvalue weighted by molar-refractivity contribution is -0.122. The molecule has 1 aromatic carbocycles. The molecular formula is C25H30F2N2O. The fraction of sp³-hybridized carbons (Fsp3) is 0.520. The average Bonchev–Trinajstić information content (AvgIpc) is 3.59. The van der Waals surface area contributed by atoms with Gasteiger partial charge in [0.05, 0.1) is 6.04 Å². The number of hydrogen-bond donors (Lipinski definition) is 1. The largest absolute Gasteiger partial charge is 0.321 e. The number of carbonyl (C=O) groups excluding carboxylic acids is 1. The molecule has 2 atom stereocenters. The SMILES string of the molecule is CN=C(CC1(CC(=O)C(N)C2CC2)CCCc2ccccc21)C1=C(F)CCC(F)=C1. The molecule has 0 bridgehead atoms. The third-order valence-electron chi connectivity index (χ3n) is 6.97. The standard InChI is InChI=1S/C25H30F2N2O/c1-29-22(19-13-18(26)10-11-21(19)27)14-25(15-23(30)24(28)17-8-9-17)12-4-6-16-5-2-3-7-20(16)25/h2-3,5,7,13,17,24H,4,6,8-12,14-15,28H2,1H3. The number of aliphatic imine (C=N–C) groups is 1. The van der Waals surface area contributed by atoms with Gasteiger partial charge in [-0.15, -0.1) is 0 Å².